The number of hydrogen-bond donors (Lipinski definition) is 1. The van der Waals surface area contributed by atoms with Crippen molar-refractivity contribution in [2.24, 2.45) is 11.3 Å². The maximum Gasteiger partial charge on any atom is 0.417 e. The summed E-state index contributed by atoms with van der Waals surface area (Å²) in [5.41, 5.74) is -0.260. The predicted molar refractivity (Wildman–Crippen MR) is 112 cm³/mol. The van der Waals surface area contributed by atoms with Gasteiger partial charge in [-0.05, 0) is 50.3 Å². The SMILES string of the molecule is Cc1noc(C)c1C(=O)N1CC(CO)C2(CCN(c3ccc(C#N)c(C(F)(F)F)c3)CC2)C1. The van der Waals surface area contributed by atoms with E-state index < -0.39 is 17.3 Å². The predicted octanol–water partition coefficient (Wildman–Crippen LogP) is 3.53. The van der Waals surface area contributed by atoms with Crippen molar-refractivity contribution in [3.63, 3.8) is 0 Å². The van der Waals surface area contributed by atoms with E-state index in [0.29, 0.717) is 61.7 Å². The Kier molecular flexibility index (Phi) is 5.86. The minimum Gasteiger partial charge on any atom is -0.396 e. The molecular weight excluding hydrogens is 437 g/mol. The zero-order valence-electron chi connectivity index (χ0n) is 18.4. The number of amides is 1. The first-order valence-corrected chi connectivity index (χ1v) is 10.8. The van der Waals surface area contributed by atoms with Crippen LogP contribution in [0.3, 0.4) is 0 Å². The third-order valence-electron chi connectivity index (χ3n) is 7.12. The van der Waals surface area contributed by atoms with Crippen molar-refractivity contribution in [2.45, 2.75) is 32.9 Å². The van der Waals surface area contributed by atoms with Gasteiger partial charge in [0.1, 0.15) is 11.3 Å². The number of benzene rings is 1. The first kappa shape index (κ1) is 23.1. The monoisotopic (exact) mass is 462 g/mol. The fraction of sp³-hybridized carbons (Fsp3) is 0.522. The van der Waals surface area contributed by atoms with Crippen LogP contribution in [-0.2, 0) is 6.18 Å². The van der Waals surface area contributed by atoms with Crippen LogP contribution >= 0.6 is 0 Å². The van der Waals surface area contributed by atoms with Crippen LogP contribution in [0.25, 0.3) is 0 Å². The molecule has 1 aromatic heterocycles. The molecule has 0 radical (unpaired) electrons. The number of nitriles is 1. The van der Waals surface area contributed by atoms with Gasteiger partial charge < -0.3 is 19.4 Å². The number of likely N-dealkylation sites (tertiary alicyclic amines) is 1. The van der Waals surface area contributed by atoms with Gasteiger partial charge in [-0.3, -0.25) is 4.79 Å². The standard InChI is InChI=1S/C23H25F3N4O3/c1-14-20(15(2)33-28-14)21(32)30-11-17(12-31)22(13-30)5-7-29(8-6-22)18-4-3-16(10-27)19(9-18)23(24,25)26/h3-4,9,17,31H,5-8,11-13H2,1-2H3. The molecule has 3 heterocycles. The number of nitrogens with zero attached hydrogens (tertiary/aromatic N) is 4. The molecule has 10 heteroatoms. The molecule has 1 amide bonds. The largest absolute Gasteiger partial charge is 0.417 e. The van der Waals surface area contributed by atoms with E-state index in [1.807, 2.05) is 4.90 Å². The zero-order chi connectivity index (χ0) is 24.0. The van der Waals surface area contributed by atoms with Crippen molar-refractivity contribution in [1.82, 2.24) is 10.1 Å². The summed E-state index contributed by atoms with van der Waals surface area (Å²) in [5.74, 6) is 0.164. The Morgan fingerprint density at radius 2 is 2.03 bits per heavy atom. The van der Waals surface area contributed by atoms with Crippen molar-refractivity contribution in [3.8, 4) is 6.07 Å². The van der Waals surface area contributed by atoms with E-state index in [9.17, 15) is 23.1 Å². The molecular formula is C23H25F3N4O3. The van der Waals surface area contributed by atoms with Crippen LogP contribution in [0, 0.1) is 36.5 Å². The van der Waals surface area contributed by atoms with E-state index in [1.165, 1.54) is 12.1 Å². The van der Waals surface area contributed by atoms with E-state index in [0.717, 1.165) is 6.07 Å². The molecule has 2 aliphatic rings. The van der Waals surface area contributed by atoms with Crippen LogP contribution in [0.4, 0.5) is 18.9 Å². The number of alkyl halides is 3. The highest BCUT2D eigenvalue weighted by atomic mass is 19.4. The van der Waals surface area contributed by atoms with Gasteiger partial charge in [-0.25, -0.2) is 0 Å². The Balaban J connectivity index is 1.51. The molecule has 1 spiro atoms. The number of hydrogen-bond acceptors (Lipinski definition) is 6. The van der Waals surface area contributed by atoms with Gasteiger partial charge in [-0.15, -0.1) is 0 Å². The third kappa shape index (κ3) is 4.06. The summed E-state index contributed by atoms with van der Waals surface area (Å²) in [6.07, 6.45) is -3.35. The van der Waals surface area contributed by atoms with Gasteiger partial charge in [0.25, 0.3) is 5.91 Å². The number of aliphatic hydroxyl groups excluding tert-OH is 1. The Morgan fingerprint density at radius 1 is 1.33 bits per heavy atom. The van der Waals surface area contributed by atoms with Crippen LogP contribution in [0.15, 0.2) is 22.7 Å². The molecule has 7 nitrogen and oxygen atoms in total. The smallest absolute Gasteiger partial charge is 0.396 e. The number of aryl methyl sites for hydroxylation is 2. The summed E-state index contributed by atoms with van der Waals surface area (Å²) < 4.78 is 45.2. The highest BCUT2D eigenvalue weighted by molar-refractivity contribution is 5.96. The minimum atomic E-state index is -4.61. The van der Waals surface area contributed by atoms with Gasteiger partial charge >= 0.3 is 6.18 Å². The van der Waals surface area contributed by atoms with Crippen LogP contribution in [0.1, 0.15) is 45.8 Å². The van der Waals surface area contributed by atoms with Crippen LogP contribution < -0.4 is 4.90 Å². The van der Waals surface area contributed by atoms with Crippen LogP contribution in [0.5, 0.6) is 0 Å². The summed E-state index contributed by atoms with van der Waals surface area (Å²) >= 11 is 0. The van der Waals surface area contributed by atoms with Crippen molar-refractivity contribution >= 4 is 11.6 Å². The minimum absolute atomic E-state index is 0.0690. The van der Waals surface area contributed by atoms with Crippen molar-refractivity contribution < 1.29 is 27.6 Å². The van der Waals surface area contributed by atoms with Gasteiger partial charge in [0.15, 0.2) is 0 Å². The first-order chi connectivity index (χ1) is 15.6. The molecule has 1 unspecified atom stereocenters. The van der Waals surface area contributed by atoms with Crippen molar-refractivity contribution in [3.05, 3.63) is 46.3 Å². The number of anilines is 1. The summed E-state index contributed by atoms with van der Waals surface area (Å²) in [7, 11) is 0. The number of halogens is 3. The summed E-state index contributed by atoms with van der Waals surface area (Å²) in [5, 5.41) is 22.9. The number of aromatic nitrogens is 1. The van der Waals surface area contributed by atoms with Gasteiger partial charge in [0.05, 0.1) is 22.9 Å². The molecule has 33 heavy (non-hydrogen) atoms. The molecule has 2 aliphatic heterocycles. The quantitative estimate of drug-likeness (QED) is 0.750. The molecule has 0 bridgehead atoms. The fourth-order valence-electron chi connectivity index (χ4n) is 5.22. The average molecular weight is 462 g/mol. The second-order valence-electron chi connectivity index (χ2n) is 8.95. The van der Waals surface area contributed by atoms with Gasteiger partial charge in [0, 0.05) is 44.4 Å². The van der Waals surface area contributed by atoms with E-state index in [1.54, 1.807) is 24.8 Å². The molecule has 2 saturated heterocycles. The Labute approximate surface area is 189 Å². The zero-order valence-corrected chi connectivity index (χ0v) is 18.4. The third-order valence-corrected chi connectivity index (χ3v) is 7.12. The van der Waals surface area contributed by atoms with Gasteiger partial charge in [0.2, 0.25) is 0 Å². The molecule has 1 N–H and O–H groups in total. The van der Waals surface area contributed by atoms with E-state index in [4.69, 9.17) is 9.78 Å². The van der Waals surface area contributed by atoms with Gasteiger partial charge in [-0.1, -0.05) is 5.16 Å². The number of carbonyl (C=O) groups excluding carboxylic acids is 1. The lowest BCUT2D eigenvalue weighted by molar-refractivity contribution is -0.137. The highest BCUT2D eigenvalue weighted by Crippen LogP contribution is 2.46. The Bertz CT molecular complexity index is 1080. The second-order valence-corrected chi connectivity index (χ2v) is 8.95. The Morgan fingerprint density at radius 3 is 2.58 bits per heavy atom. The second kappa shape index (κ2) is 8.37. The highest BCUT2D eigenvalue weighted by Gasteiger charge is 2.49. The summed E-state index contributed by atoms with van der Waals surface area (Å²) in [6.45, 7) is 5.20. The normalized spacial score (nSPS) is 20.3. The topological polar surface area (TPSA) is 93.6 Å². The maximum atomic E-state index is 13.4. The molecule has 4 rings (SSSR count). The number of piperidine rings is 1. The summed E-state index contributed by atoms with van der Waals surface area (Å²) in [6, 6.07) is 5.38. The van der Waals surface area contributed by atoms with Crippen LogP contribution in [0.2, 0.25) is 0 Å². The lowest BCUT2D eigenvalue weighted by Gasteiger charge is -2.43. The van der Waals surface area contributed by atoms with E-state index in [2.05, 4.69) is 5.16 Å². The molecule has 0 aliphatic carbocycles. The van der Waals surface area contributed by atoms with Crippen molar-refractivity contribution in [2.75, 3.05) is 37.7 Å². The molecule has 0 saturated carbocycles. The van der Waals surface area contributed by atoms with E-state index in [-0.39, 0.29) is 23.8 Å². The molecule has 2 aromatic rings. The average Bonchev–Trinajstić information content (AvgIpc) is 3.32. The fourth-order valence-corrected chi connectivity index (χ4v) is 5.22. The van der Waals surface area contributed by atoms with E-state index >= 15 is 0 Å². The number of carbonyl (C=O) groups is 1. The molecule has 1 atom stereocenters. The Hall–Kier alpha value is -3.06. The first-order valence-electron chi connectivity index (χ1n) is 10.8. The van der Waals surface area contributed by atoms with Crippen LogP contribution in [-0.4, -0.2) is 53.9 Å². The summed E-state index contributed by atoms with van der Waals surface area (Å²) in [4.78, 5) is 16.7. The molecule has 2 fully saturated rings. The number of aliphatic hydroxyl groups is 1. The number of rotatable bonds is 3. The lowest BCUT2D eigenvalue weighted by atomic mass is 9.71. The maximum absolute atomic E-state index is 13.4. The van der Waals surface area contributed by atoms with Gasteiger partial charge in [-0.2, -0.15) is 18.4 Å². The lowest BCUT2D eigenvalue weighted by Crippen LogP contribution is -2.45. The molecule has 1 aromatic carbocycles. The molecule has 176 valence electrons. The van der Waals surface area contributed by atoms with Crippen molar-refractivity contribution in [1.29, 1.82) is 5.26 Å².